The second-order valence-corrected chi connectivity index (χ2v) is 8.14. The highest BCUT2D eigenvalue weighted by Crippen LogP contribution is 2.20. The van der Waals surface area contributed by atoms with Crippen LogP contribution in [0, 0.1) is 11.8 Å². The van der Waals surface area contributed by atoms with Crippen molar-refractivity contribution in [2.75, 3.05) is 19.7 Å². The number of aromatic amines is 1. The maximum absolute atomic E-state index is 13.0. The zero-order valence-electron chi connectivity index (χ0n) is 17.1. The van der Waals surface area contributed by atoms with E-state index >= 15 is 0 Å². The Morgan fingerprint density at radius 3 is 2.55 bits per heavy atom. The molecule has 0 aliphatic carbocycles. The minimum Gasteiger partial charge on any atom is -0.396 e. The number of piperidine rings is 1. The molecule has 156 valence electrons. The molecule has 2 amide bonds. The Morgan fingerprint density at radius 1 is 1.24 bits per heavy atom. The molecule has 1 aromatic heterocycles. The predicted octanol–water partition coefficient (Wildman–Crippen LogP) is 2.45. The standard InChI is InChI=1S/C22H30N4O3/c1-15(2)12-20(22(29)26-10-8-16(14-27)9-11-26)23-21(28)19-13-18(24-25-19)17-6-4-3-5-7-17/h3-7,13,15-16,20,27H,8-12,14H2,1-2H3,(H,23,28)(H,24,25)/t20-/m1/s1. The number of carbonyl (C=O) groups is 2. The molecule has 7 nitrogen and oxygen atoms in total. The Bertz CT molecular complexity index is 810. The first kappa shape index (κ1) is 21.0. The number of aliphatic hydroxyl groups excluding tert-OH is 1. The lowest BCUT2D eigenvalue weighted by Crippen LogP contribution is -2.51. The number of H-pyrrole nitrogens is 1. The van der Waals surface area contributed by atoms with E-state index in [1.165, 1.54) is 0 Å². The van der Waals surface area contributed by atoms with Crippen LogP contribution in [0.3, 0.4) is 0 Å². The second-order valence-electron chi connectivity index (χ2n) is 8.14. The molecule has 3 N–H and O–H groups in total. The Kier molecular flexibility index (Phi) is 7.04. The van der Waals surface area contributed by atoms with Crippen LogP contribution in [0.2, 0.25) is 0 Å². The van der Waals surface area contributed by atoms with Crippen LogP contribution in [0.15, 0.2) is 36.4 Å². The maximum Gasteiger partial charge on any atom is 0.269 e. The summed E-state index contributed by atoms with van der Waals surface area (Å²) in [5, 5.41) is 19.2. The highest BCUT2D eigenvalue weighted by atomic mass is 16.3. The fourth-order valence-corrected chi connectivity index (χ4v) is 3.68. The van der Waals surface area contributed by atoms with Gasteiger partial charge in [0.15, 0.2) is 0 Å². The largest absolute Gasteiger partial charge is 0.396 e. The van der Waals surface area contributed by atoms with Gasteiger partial charge >= 0.3 is 0 Å². The summed E-state index contributed by atoms with van der Waals surface area (Å²) in [5.41, 5.74) is 1.95. The zero-order chi connectivity index (χ0) is 20.8. The number of benzene rings is 1. The van der Waals surface area contributed by atoms with Gasteiger partial charge in [-0.25, -0.2) is 0 Å². The third kappa shape index (κ3) is 5.44. The number of hydrogen-bond acceptors (Lipinski definition) is 4. The summed E-state index contributed by atoms with van der Waals surface area (Å²) in [6.07, 6.45) is 2.17. The predicted molar refractivity (Wildman–Crippen MR) is 111 cm³/mol. The number of likely N-dealkylation sites (tertiary alicyclic amines) is 1. The Hall–Kier alpha value is -2.67. The summed E-state index contributed by atoms with van der Waals surface area (Å²) in [6, 6.07) is 10.8. The molecule has 0 spiro atoms. The average molecular weight is 399 g/mol. The van der Waals surface area contributed by atoms with Crippen LogP contribution in [-0.4, -0.2) is 57.8 Å². The normalized spacial score (nSPS) is 16.1. The maximum atomic E-state index is 13.0. The minimum atomic E-state index is -0.573. The fourth-order valence-electron chi connectivity index (χ4n) is 3.68. The van der Waals surface area contributed by atoms with E-state index in [-0.39, 0.29) is 30.3 Å². The molecular formula is C22H30N4O3. The first-order valence-electron chi connectivity index (χ1n) is 10.3. The van der Waals surface area contributed by atoms with Gasteiger partial charge in [0.2, 0.25) is 5.91 Å². The summed E-state index contributed by atoms with van der Waals surface area (Å²) in [7, 11) is 0. The monoisotopic (exact) mass is 398 g/mol. The number of rotatable bonds is 7. The van der Waals surface area contributed by atoms with E-state index < -0.39 is 6.04 Å². The van der Waals surface area contributed by atoms with E-state index in [9.17, 15) is 14.7 Å². The number of aromatic nitrogens is 2. The molecule has 1 aliphatic heterocycles. The van der Waals surface area contributed by atoms with E-state index in [1.807, 2.05) is 49.1 Å². The third-order valence-corrected chi connectivity index (χ3v) is 5.39. The molecule has 1 aliphatic rings. The summed E-state index contributed by atoms with van der Waals surface area (Å²) in [6.45, 7) is 5.48. The van der Waals surface area contributed by atoms with Gasteiger partial charge in [0.05, 0.1) is 5.69 Å². The van der Waals surface area contributed by atoms with Crippen LogP contribution in [0.4, 0.5) is 0 Å². The van der Waals surface area contributed by atoms with E-state index in [0.717, 1.165) is 18.4 Å². The van der Waals surface area contributed by atoms with Crippen LogP contribution in [0.25, 0.3) is 11.3 Å². The molecule has 1 fully saturated rings. The van der Waals surface area contributed by atoms with E-state index in [0.29, 0.717) is 30.9 Å². The molecule has 7 heteroatoms. The molecule has 3 rings (SSSR count). The van der Waals surface area contributed by atoms with Crippen LogP contribution in [0.5, 0.6) is 0 Å². The number of nitrogens with one attached hydrogen (secondary N) is 2. The summed E-state index contributed by atoms with van der Waals surface area (Å²) in [5.74, 6) is 0.148. The number of amides is 2. The smallest absolute Gasteiger partial charge is 0.269 e. The van der Waals surface area contributed by atoms with Crippen molar-refractivity contribution in [2.45, 2.75) is 39.2 Å². The molecule has 0 radical (unpaired) electrons. The molecule has 1 atom stereocenters. The Morgan fingerprint density at radius 2 is 1.93 bits per heavy atom. The summed E-state index contributed by atoms with van der Waals surface area (Å²) < 4.78 is 0. The highest BCUT2D eigenvalue weighted by molar-refractivity contribution is 5.96. The molecule has 29 heavy (non-hydrogen) atoms. The van der Waals surface area contributed by atoms with E-state index in [1.54, 1.807) is 6.07 Å². The van der Waals surface area contributed by atoms with Gasteiger partial charge in [-0.2, -0.15) is 5.10 Å². The van der Waals surface area contributed by atoms with Crippen molar-refractivity contribution in [3.05, 3.63) is 42.1 Å². The third-order valence-electron chi connectivity index (χ3n) is 5.39. The lowest BCUT2D eigenvalue weighted by atomic mass is 9.96. The minimum absolute atomic E-state index is 0.0498. The van der Waals surface area contributed by atoms with Crippen molar-refractivity contribution in [1.82, 2.24) is 20.4 Å². The summed E-state index contributed by atoms with van der Waals surface area (Å²) in [4.78, 5) is 27.6. The van der Waals surface area contributed by atoms with E-state index in [2.05, 4.69) is 15.5 Å². The van der Waals surface area contributed by atoms with Gasteiger partial charge in [0.25, 0.3) is 5.91 Å². The quantitative estimate of drug-likeness (QED) is 0.667. The Labute approximate surface area is 171 Å². The number of aliphatic hydroxyl groups is 1. The Balaban J connectivity index is 1.67. The summed E-state index contributed by atoms with van der Waals surface area (Å²) >= 11 is 0. The van der Waals surface area contributed by atoms with Crippen molar-refractivity contribution in [2.24, 2.45) is 11.8 Å². The van der Waals surface area contributed by atoms with Crippen molar-refractivity contribution < 1.29 is 14.7 Å². The average Bonchev–Trinajstić information content (AvgIpc) is 3.23. The fraction of sp³-hybridized carbons (Fsp3) is 0.500. The van der Waals surface area contributed by atoms with Gasteiger partial charge < -0.3 is 15.3 Å². The number of nitrogens with zero attached hydrogens (tertiary/aromatic N) is 2. The molecule has 0 bridgehead atoms. The van der Waals surface area contributed by atoms with Gasteiger partial charge in [-0.3, -0.25) is 14.7 Å². The van der Waals surface area contributed by atoms with Crippen molar-refractivity contribution in [1.29, 1.82) is 0 Å². The molecule has 1 aromatic carbocycles. The SMILES string of the molecule is CC(C)C[C@@H](NC(=O)c1cc(-c2ccccc2)n[nH]1)C(=O)N1CCC(CO)CC1. The molecular weight excluding hydrogens is 368 g/mol. The van der Waals surface area contributed by atoms with Crippen LogP contribution >= 0.6 is 0 Å². The second kappa shape index (κ2) is 9.69. The number of carbonyl (C=O) groups excluding carboxylic acids is 2. The van der Waals surface area contributed by atoms with Crippen LogP contribution < -0.4 is 5.32 Å². The van der Waals surface area contributed by atoms with Gasteiger partial charge in [-0.1, -0.05) is 44.2 Å². The van der Waals surface area contributed by atoms with E-state index in [4.69, 9.17) is 0 Å². The molecule has 0 saturated carbocycles. The molecule has 0 unspecified atom stereocenters. The number of hydrogen-bond donors (Lipinski definition) is 3. The van der Waals surface area contributed by atoms with Crippen LogP contribution in [0.1, 0.15) is 43.6 Å². The first-order chi connectivity index (χ1) is 14.0. The van der Waals surface area contributed by atoms with Gasteiger partial charge in [0.1, 0.15) is 11.7 Å². The molecule has 1 saturated heterocycles. The molecule has 2 aromatic rings. The molecule has 2 heterocycles. The van der Waals surface area contributed by atoms with Crippen LogP contribution in [-0.2, 0) is 4.79 Å². The lowest BCUT2D eigenvalue weighted by molar-refractivity contribution is -0.135. The van der Waals surface area contributed by atoms with Crippen molar-refractivity contribution >= 4 is 11.8 Å². The van der Waals surface area contributed by atoms with Gasteiger partial charge in [-0.15, -0.1) is 0 Å². The topological polar surface area (TPSA) is 98.3 Å². The lowest BCUT2D eigenvalue weighted by Gasteiger charge is -2.34. The zero-order valence-corrected chi connectivity index (χ0v) is 17.1. The highest BCUT2D eigenvalue weighted by Gasteiger charge is 2.30. The van der Waals surface area contributed by atoms with Gasteiger partial charge in [0, 0.05) is 25.3 Å². The van der Waals surface area contributed by atoms with Crippen molar-refractivity contribution in [3.8, 4) is 11.3 Å². The first-order valence-corrected chi connectivity index (χ1v) is 10.3. The van der Waals surface area contributed by atoms with Crippen molar-refractivity contribution in [3.63, 3.8) is 0 Å². The van der Waals surface area contributed by atoms with Gasteiger partial charge in [-0.05, 0) is 37.2 Å².